The minimum Gasteiger partial charge on any atom is -0.481 e. The van der Waals surface area contributed by atoms with Crippen molar-refractivity contribution in [1.82, 2.24) is 21.3 Å². The van der Waals surface area contributed by atoms with E-state index in [0.29, 0.717) is 65.4 Å². The molecule has 604 valence electrons. The maximum absolute atomic E-state index is 11.8. The summed E-state index contributed by atoms with van der Waals surface area (Å²) in [6.45, 7) is 16.8. The van der Waals surface area contributed by atoms with Gasteiger partial charge in [-0.1, -0.05) is 289 Å². The van der Waals surface area contributed by atoms with Crippen LogP contribution in [0.25, 0.3) is 0 Å². The molecule has 1 rings (SSSR count). The van der Waals surface area contributed by atoms with Crippen molar-refractivity contribution in [3.63, 3.8) is 0 Å². The molecule has 0 saturated carbocycles. The number of aliphatic carboxylic acids is 3. The van der Waals surface area contributed by atoms with Gasteiger partial charge >= 0.3 is 41.8 Å². The standard InChI is InChI=1S/C24H39NO4.C21H39NO5.C20H37NO5.C18H35NO3/c1-2-3-4-5-6-7-8-9-10-14-19-29-23(26)17-18-25-22(24(27)28)20-21-15-12-11-13-16-21;1-3-4-5-6-7-8-9-10-11-12-17-27-21(26)15-16-22-19(18(2)23)13-14-20(24)25;1-3-4-5-6-7-8-9-10-11-12-15-26-20(25)13-14-21-18(17(2)22)16-19(23)24;1-3-4-5-6-7-8-9-10-11-12-15-22-18(21)13-14-19-16-17(2)20/h11-13,15-16,22,25H,2-10,14,17-20H2,1H3,(H,27,28);19,22H,3-17H2,1-2H3,(H,24,25);18,21H,3-16H2,1-2H3,(H,23,24);19H,3-16H2,1-2H3. The molecular weight excluding hydrogens is 1320 g/mol. The molecule has 1 aromatic carbocycles. The topological polar surface area (TPSA) is 316 Å². The fraction of sp³-hybridized carbons (Fsp3) is 0.807. The zero-order valence-corrected chi connectivity index (χ0v) is 66.5. The van der Waals surface area contributed by atoms with Crippen molar-refractivity contribution in [3.8, 4) is 0 Å². The second-order valence-electron chi connectivity index (χ2n) is 27.8. The fourth-order valence-corrected chi connectivity index (χ4v) is 11.2. The molecule has 104 heavy (non-hydrogen) atoms. The van der Waals surface area contributed by atoms with Crippen LogP contribution in [-0.4, -0.2) is 152 Å². The van der Waals surface area contributed by atoms with Crippen molar-refractivity contribution < 1.29 is 82.2 Å². The Morgan fingerprint density at radius 2 is 0.615 bits per heavy atom. The van der Waals surface area contributed by atoms with Crippen LogP contribution >= 0.6 is 0 Å². The maximum Gasteiger partial charge on any atom is 0.321 e. The zero-order valence-electron chi connectivity index (χ0n) is 66.5. The SMILES string of the molecule is CCCCCCCCCCCCOC(=O)CCNC(CC(=O)O)C(C)=O.CCCCCCCCCCCCOC(=O)CCNC(CCC(=O)O)C(C)=O.CCCCCCCCCCCCOC(=O)CCNC(Cc1ccccc1)C(=O)O.CCCCCCCCCCCCOC(=O)CCNCC(C)=O. The van der Waals surface area contributed by atoms with Crippen LogP contribution in [0.3, 0.4) is 0 Å². The van der Waals surface area contributed by atoms with E-state index in [2.05, 4.69) is 49.0 Å². The normalized spacial score (nSPS) is 11.6. The second-order valence-corrected chi connectivity index (χ2v) is 27.8. The highest BCUT2D eigenvalue weighted by atomic mass is 16.5. The summed E-state index contributed by atoms with van der Waals surface area (Å²) >= 11 is 0. The number of benzene rings is 1. The monoisotopic (exact) mass is 1480 g/mol. The summed E-state index contributed by atoms with van der Waals surface area (Å²) in [5.41, 5.74) is 0.955. The fourth-order valence-electron chi connectivity index (χ4n) is 11.2. The van der Waals surface area contributed by atoms with Gasteiger partial charge in [-0.05, 0) is 64.9 Å². The third kappa shape index (κ3) is 80.5. The number of carboxylic acids is 3. The Morgan fingerprint density at radius 1 is 0.337 bits per heavy atom. The van der Waals surface area contributed by atoms with Gasteiger partial charge in [0.2, 0.25) is 0 Å². The lowest BCUT2D eigenvalue weighted by Crippen LogP contribution is -2.39. The lowest BCUT2D eigenvalue weighted by Gasteiger charge is -2.14. The van der Waals surface area contributed by atoms with Crippen LogP contribution in [0.2, 0.25) is 0 Å². The van der Waals surface area contributed by atoms with Crippen molar-refractivity contribution in [2.24, 2.45) is 0 Å². The van der Waals surface area contributed by atoms with Crippen molar-refractivity contribution in [1.29, 1.82) is 0 Å². The van der Waals surface area contributed by atoms with E-state index in [9.17, 15) is 53.1 Å². The third-order valence-electron chi connectivity index (χ3n) is 17.7. The van der Waals surface area contributed by atoms with Gasteiger partial charge in [0.15, 0.2) is 0 Å². The highest BCUT2D eigenvalue weighted by molar-refractivity contribution is 5.86. The molecule has 1 aromatic rings. The van der Waals surface area contributed by atoms with Gasteiger partial charge in [0, 0.05) is 32.6 Å². The molecule has 0 fully saturated rings. The molecule has 0 radical (unpaired) electrons. The second kappa shape index (κ2) is 79.9. The molecule has 0 aliphatic rings. The van der Waals surface area contributed by atoms with E-state index < -0.39 is 36.0 Å². The number of nitrogens with one attached hydrogen (secondary N) is 4. The van der Waals surface area contributed by atoms with E-state index in [0.717, 1.165) is 56.9 Å². The molecule has 21 heteroatoms. The summed E-state index contributed by atoms with van der Waals surface area (Å²) < 4.78 is 20.8. The number of rotatable bonds is 71. The zero-order chi connectivity index (χ0) is 77.6. The molecule has 0 saturated heterocycles. The van der Waals surface area contributed by atoms with E-state index in [1.165, 1.54) is 226 Å². The van der Waals surface area contributed by atoms with E-state index >= 15 is 0 Å². The quantitative estimate of drug-likeness (QED) is 0.0181. The van der Waals surface area contributed by atoms with Gasteiger partial charge < -0.3 is 55.5 Å². The number of ether oxygens (including phenoxy) is 4. The van der Waals surface area contributed by atoms with Crippen molar-refractivity contribution in [2.75, 3.05) is 59.2 Å². The van der Waals surface area contributed by atoms with Crippen molar-refractivity contribution >= 4 is 59.1 Å². The Labute approximate surface area is 629 Å². The summed E-state index contributed by atoms with van der Waals surface area (Å²) in [6, 6.07) is 7.51. The predicted octanol–water partition coefficient (Wildman–Crippen LogP) is 17.3. The number of carbonyl (C=O) groups excluding carboxylic acids is 7. The molecule has 0 aliphatic carbocycles. The van der Waals surface area contributed by atoms with E-state index in [1.54, 1.807) is 0 Å². The van der Waals surface area contributed by atoms with Crippen molar-refractivity contribution in [2.45, 2.75) is 375 Å². The Bertz CT molecular complexity index is 2240. The number of carbonyl (C=O) groups is 10. The number of unbranched alkanes of at least 4 members (excludes halogenated alkanes) is 36. The molecule has 0 heterocycles. The van der Waals surface area contributed by atoms with E-state index in [-0.39, 0.29) is 86.3 Å². The minimum absolute atomic E-state index is 0.0690. The minimum atomic E-state index is -1.04. The van der Waals surface area contributed by atoms with Crippen LogP contribution in [0.15, 0.2) is 30.3 Å². The van der Waals surface area contributed by atoms with E-state index in [4.69, 9.17) is 29.2 Å². The Morgan fingerprint density at radius 3 is 0.885 bits per heavy atom. The summed E-state index contributed by atoms with van der Waals surface area (Å²) in [6.07, 6.45) is 51.1. The molecule has 3 unspecified atom stereocenters. The molecule has 0 bridgehead atoms. The first-order chi connectivity index (χ1) is 50.2. The van der Waals surface area contributed by atoms with Gasteiger partial charge in [0.1, 0.15) is 23.4 Å². The van der Waals surface area contributed by atoms with Gasteiger partial charge in [-0.2, -0.15) is 0 Å². The average Bonchev–Trinajstić information content (AvgIpc) is 0.921. The largest absolute Gasteiger partial charge is 0.481 e. The Kier molecular flexibility index (Phi) is 78.8. The summed E-state index contributed by atoms with van der Waals surface area (Å²) in [7, 11) is 0. The Balaban J connectivity index is -0.00000131. The van der Waals surface area contributed by atoms with E-state index in [1.807, 2.05) is 30.3 Å². The maximum atomic E-state index is 11.8. The Hall–Kier alpha value is -5.64. The molecular formula is C83H150N4O17. The molecule has 0 aromatic heterocycles. The molecule has 21 nitrogen and oxygen atoms in total. The van der Waals surface area contributed by atoms with Crippen LogP contribution < -0.4 is 21.3 Å². The predicted molar refractivity (Wildman–Crippen MR) is 417 cm³/mol. The molecule has 7 N–H and O–H groups in total. The first kappa shape index (κ1) is 103. The highest BCUT2D eigenvalue weighted by Crippen LogP contribution is 2.15. The van der Waals surface area contributed by atoms with Gasteiger partial charge in [0.25, 0.3) is 0 Å². The smallest absolute Gasteiger partial charge is 0.321 e. The number of esters is 4. The lowest BCUT2D eigenvalue weighted by molar-refractivity contribution is -0.145. The van der Waals surface area contributed by atoms with Crippen molar-refractivity contribution in [3.05, 3.63) is 35.9 Å². The number of ketones is 3. The average molecular weight is 1480 g/mol. The molecule has 0 amide bonds. The van der Waals surface area contributed by atoms with Crippen LogP contribution in [0.4, 0.5) is 0 Å². The summed E-state index contributed by atoms with van der Waals surface area (Å²) in [5.74, 6) is -4.19. The van der Waals surface area contributed by atoms with Gasteiger partial charge in [-0.15, -0.1) is 0 Å². The number of Topliss-reactive ketones (excluding diaryl/α,β-unsaturated/α-hetero) is 3. The van der Waals surface area contributed by atoms with Gasteiger partial charge in [-0.25, -0.2) is 0 Å². The van der Waals surface area contributed by atoms with Crippen LogP contribution in [0, 0.1) is 0 Å². The number of hydrogen-bond acceptors (Lipinski definition) is 18. The molecule has 0 aliphatic heterocycles. The number of carboxylic acid groups (broad SMARTS) is 3. The van der Waals surface area contributed by atoms with Crippen LogP contribution in [0.1, 0.15) is 356 Å². The molecule has 0 spiro atoms. The number of hydrogen-bond donors (Lipinski definition) is 7. The first-order valence-corrected chi connectivity index (χ1v) is 41.0. The van der Waals surface area contributed by atoms with Gasteiger partial charge in [0.05, 0.1) is 77.2 Å². The highest BCUT2D eigenvalue weighted by Gasteiger charge is 2.20. The summed E-state index contributed by atoms with van der Waals surface area (Å²) in [5, 5.41) is 38.3. The lowest BCUT2D eigenvalue weighted by atomic mass is 10.1. The first-order valence-electron chi connectivity index (χ1n) is 41.0. The summed E-state index contributed by atoms with van der Waals surface area (Å²) in [4.78, 5) is 113. The van der Waals surface area contributed by atoms with Crippen LogP contribution in [0.5, 0.6) is 0 Å². The van der Waals surface area contributed by atoms with Gasteiger partial charge in [-0.3, -0.25) is 47.9 Å². The molecule has 3 atom stereocenters. The van der Waals surface area contributed by atoms with Crippen LogP contribution in [-0.2, 0) is 73.3 Å². The third-order valence-corrected chi connectivity index (χ3v) is 17.7.